The van der Waals surface area contributed by atoms with Gasteiger partial charge in [-0.3, -0.25) is 0 Å². The van der Waals surface area contributed by atoms with E-state index in [1.807, 2.05) is 30.3 Å². The molecule has 1 aliphatic rings. The number of ether oxygens (including phenoxy) is 1. The van der Waals surface area contributed by atoms with Gasteiger partial charge in [0.25, 0.3) is 0 Å². The first-order valence-electron chi connectivity index (χ1n) is 8.58. The third kappa shape index (κ3) is 2.86. The van der Waals surface area contributed by atoms with E-state index < -0.39 is 0 Å². The number of fused-ring (bicyclic) bond motifs is 2. The van der Waals surface area contributed by atoms with Crippen molar-refractivity contribution in [3.63, 3.8) is 0 Å². The smallest absolute Gasteiger partial charge is 0.137 e. The van der Waals surface area contributed by atoms with Crippen LogP contribution >= 0.6 is 0 Å². The molecule has 3 aromatic rings. The molecular weight excluding hydrogens is 312 g/mol. The highest BCUT2D eigenvalue weighted by Gasteiger charge is 2.18. The molecule has 0 aliphatic carbocycles. The molecule has 4 rings (SSSR count). The maximum Gasteiger partial charge on any atom is 0.137 e. The zero-order chi connectivity index (χ0) is 17.2. The number of piperidine rings is 1. The summed E-state index contributed by atoms with van der Waals surface area (Å²) in [7, 11) is 1.59. The third-order valence-electron chi connectivity index (χ3n) is 4.81. The monoisotopic (exact) mass is 332 g/mol. The topological polar surface area (TPSA) is 70.0 Å². The summed E-state index contributed by atoms with van der Waals surface area (Å²) in [4.78, 5) is 4.76. The summed E-state index contributed by atoms with van der Waals surface area (Å²) in [6, 6.07) is 14.5. The van der Waals surface area contributed by atoms with Crippen LogP contribution in [-0.4, -0.2) is 31.2 Å². The van der Waals surface area contributed by atoms with Gasteiger partial charge in [-0.2, -0.15) is 5.26 Å². The van der Waals surface area contributed by atoms with Crippen LogP contribution in [0.1, 0.15) is 18.4 Å². The van der Waals surface area contributed by atoms with Crippen molar-refractivity contribution in [1.29, 1.82) is 5.26 Å². The van der Waals surface area contributed by atoms with Crippen molar-refractivity contribution in [2.45, 2.75) is 18.9 Å². The van der Waals surface area contributed by atoms with Crippen molar-refractivity contribution < 1.29 is 4.74 Å². The van der Waals surface area contributed by atoms with Crippen LogP contribution < -0.4 is 15.4 Å². The molecular formula is C20H20N4O. The molecule has 0 radical (unpaired) electrons. The molecule has 0 bridgehead atoms. The molecule has 1 saturated heterocycles. The van der Waals surface area contributed by atoms with Gasteiger partial charge in [0.1, 0.15) is 11.8 Å². The Morgan fingerprint density at radius 1 is 1.16 bits per heavy atom. The number of benzene rings is 2. The molecule has 126 valence electrons. The molecule has 0 saturated carbocycles. The Balaban J connectivity index is 1.95. The van der Waals surface area contributed by atoms with Crippen LogP contribution in [0.2, 0.25) is 0 Å². The number of aromatic nitrogens is 1. The van der Waals surface area contributed by atoms with E-state index in [0.29, 0.717) is 17.4 Å². The van der Waals surface area contributed by atoms with E-state index in [0.717, 1.165) is 53.4 Å². The molecule has 0 atom stereocenters. The molecule has 0 amide bonds. The van der Waals surface area contributed by atoms with Crippen molar-refractivity contribution >= 4 is 27.5 Å². The predicted octanol–water partition coefficient (Wildman–Crippen LogP) is 3.43. The zero-order valence-corrected chi connectivity index (χ0v) is 14.2. The second-order valence-electron chi connectivity index (χ2n) is 6.35. The summed E-state index contributed by atoms with van der Waals surface area (Å²) >= 11 is 0. The summed E-state index contributed by atoms with van der Waals surface area (Å²) in [6.45, 7) is 2.06. The van der Waals surface area contributed by atoms with E-state index in [9.17, 15) is 5.26 Å². The predicted molar refractivity (Wildman–Crippen MR) is 100 cm³/mol. The van der Waals surface area contributed by atoms with E-state index in [-0.39, 0.29) is 0 Å². The quantitative estimate of drug-likeness (QED) is 0.719. The molecule has 5 heteroatoms. The molecule has 0 unspecified atom stereocenters. The van der Waals surface area contributed by atoms with E-state index >= 15 is 0 Å². The Morgan fingerprint density at radius 3 is 2.72 bits per heavy atom. The minimum atomic E-state index is 0.428. The average molecular weight is 332 g/mol. The molecule has 1 aromatic heterocycles. The van der Waals surface area contributed by atoms with Gasteiger partial charge >= 0.3 is 0 Å². The molecule has 0 spiro atoms. The number of nitriles is 1. The first kappa shape index (κ1) is 15.7. The normalized spacial score (nSPS) is 15.2. The van der Waals surface area contributed by atoms with Gasteiger partial charge in [0.05, 0.1) is 29.4 Å². The zero-order valence-electron chi connectivity index (χ0n) is 14.2. The van der Waals surface area contributed by atoms with Crippen molar-refractivity contribution in [1.82, 2.24) is 10.3 Å². The Bertz CT molecular complexity index is 971. The average Bonchev–Trinajstić information content (AvgIpc) is 2.67. The molecule has 2 heterocycles. The number of pyridine rings is 1. The van der Waals surface area contributed by atoms with Crippen LogP contribution in [0.25, 0.3) is 21.8 Å². The fourth-order valence-corrected chi connectivity index (χ4v) is 3.50. The molecule has 1 fully saturated rings. The summed E-state index contributed by atoms with van der Waals surface area (Å²) < 4.78 is 5.41. The van der Waals surface area contributed by atoms with Gasteiger partial charge in [0, 0.05) is 16.8 Å². The van der Waals surface area contributed by atoms with Crippen LogP contribution in [0, 0.1) is 11.3 Å². The highest BCUT2D eigenvalue weighted by atomic mass is 16.5. The van der Waals surface area contributed by atoms with Gasteiger partial charge in [-0.25, -0.2) is 4.98 Å². The largest absolute Gasteiger partial charge is 0.495 e. The van der Waals surface area contributed by atoms with Gasteiger partial charge in [0.2, 0.25) is 0 Å². The molecule has 1 aliphatic heterocycles. The van der Waals surface area contributed by atoms with Gasteiger partial charge in [-0.15, -0.1) is 0 Å². The number of rotatable bonds is 3. The number of para-hydroxylation sites is 1. The molecule has 5 nitrogen and oxygen atoms in total. The molecule has 2 N–H and O–H groups in total. The third-order valence-corrected chi connectivity index (χ3v) is 4.81. The lowest BCUT2D eigenvalue weighted by Crippen LogP contribution is -2.35. The fraction of sp³-hybridized carbons (Fsp3) is 0.300. The number of anilines is 1. The molecule has 2 aromatic carbocycles. The SMILES string of the molecule is COc1cc2c(NC3CCNCC3)c3ccccc3nc2cc1C#N. The van der Waals surface area contributed by atoms with Gasteiger partial charge in [-0.1, -0.05) is 18.2 Å². The number of hydrogen-bond acceptors (Lipinski definition) is 5. The van der Waals surface area contributed by atoms with Crippen LogP contribution in [0.3, 0.4) is 0 Å². The van der Waals surface area contributed by atoms with Crippen LogP contribution in [-0.2, 0) is 0 Å². The minimum Gasteiger partial charge on any atom is -0.495 e. The van der Waals surface area contributed by atoms with Crippen molar-refractivity contribution in [3.05, 3.63) is 42.0 Å². The standard InChI is InChI=1S/C20H20N4O/c1-25-19-11-16-18(10-13(19)12-21)24-17-5-3-2-4-15(17)20(16)23-14-6-8-22-9-7-14/h2-5,10-11,14,22H,6-9H2,1H3,(H,23,24). The summed E-state index contributed by atoms with van der Waals surface area (Å²) in [5.41, 5.74) is 3.33. The lowest BCUT2D eigenvalue weighted by molar-refractivity contribution is 0.414. The number of hydrogen-bond donors (Lipinski definition) is 2. The Hall–Kier alpha value is -2.84. The van der Waals surface area contributed by atoms with E-state index in [4.69, 9.17) is 9.72 Å². The highest BCUT2D eigenvalue weighted by Crippen LogP contribution is 2.35. The van der Waals surface area contributed by atoms with Crippen LogP contribution in [0.15, 0.2) is 36.4 Å². The number of nitrogens with zero attached hydrogens (tertiary/aromatic N) is 2. The van der Waals surface area contributed by atoms with Gasteiger partial charge < -0.3 is 15.4 Å². The first-order valence-corrected chi connectivity index (χ1v) is 8.58. The lowest BCUT2D eigenvalue weighted by Gasteiger charge is -2.26. The second-order valence-corrected chi connectivity index (χ2v) is 6.35. The van der Waals surface area contributed by atoms with Gasteiger partial charge in [0.15, 0.2) is 0 Å². The number of nitrogens with one attached hydrogen (secondary N) is 2. The Labute approximate surface area is 146 Å². The lowest BCUT2D eigenvalue weighted by atomic mass is 10.0. The Morgan fingerprint density at radius 2 is 1.96 bits per heavy atom. The Kier molecular flexibility index (Phi) is 4.12. The minimum absolute atomic E-state index is 0.428. The molecule has 25 heavy (non-hydrogen) atoms. The van der Waals surface area contributed by atoms with Gasteiger partial charge in [-0.05, 0) is 44.1 Å². The maximum atomic E-state index is 9.37. The number of methoxy groups -OCH3 is 1. The maximum absolute atomic E-state index is 9.37. The van der Waals surface area contributed by atoms with E-state index in [1.54, 1.807) is 7.11 Å². The van der Waals surface area contributed by atoms with Crippen molar-refractivity contribution in [3.8, 4) is 11.8 Å². The summed E-state index contributed by atoms with van der Waals surface area (Å²) in [6.07, 6.45) is 2.18. The highest BCUT2D eigenvalue weighted by molar-refractivity contribution is 6.08. The summed E-state index contributed by atoms with van der Waals surface area (Å²) in [5, 5.41) is 18.6. The van der Waals surface area contributed by atoms with Crippen LogP contribution in [0.5, 0.6) is 5.75 Å². The second kappa shape index (κ2) is 6.58. The first-order chi connectivity index (χ1) is 12.3. The fourth-order valence-electron chi connectivity index (χ4n) is 3.50. The summed E-state index contributed by atoms with van der Waals surface area (Å²) in [5.74, 6) is 0.584. The van der Waals surface area contributed by atoms with Crippen molar-refractivity contribution in [2.75, 3.05) is 25.5 Å². The van der Waals surface area contributed by atoms with Crippen LogP contribution in [0.4, 0.5) is 5.69 Å². The van der Waals surface area contributed by atoms with E-state index in [2.05, 4.69) is 22.8 Å². The van der Waals surface area contributed by atoms with E-state index in [1.165, 1.54) is 0 Å². The van der Waals surface area contributed by atoms with Crippen molar-refractivity contribution in [2.24, 2.45) is 0 Å².